The second kappa shape index (κ2) is 6.49. The average Bonchev–Trinajstić information content (AvgIpc) is 2.48. The highest BCUT2D eigenvalue weighted by molar-refractivity contribution is 9.10. The highest BCUT2D eigenvalue weighted by Gasteiger charge is 2.25. The third-order valence-electron chi connectivity index (χ3n) is 4.81. The molecule has 1 fully saturated rings. The molecular weight excluding hydrogens is 328 g/mol. The number of nitrogens with one attached hydrogen (secondary N) is 1. The first-order valence-corrected chi connectivity index (χ1v) is 8.70. The van der Waals surface area contributed by atoms with Gasteiger partial charge in [-0.05, 0) is 55.4 Å². The van der Waals surface area contributed by atoms with Crippen molar-refractivity contribution in [3.63, 3.8) is 0 Å². The largest absolute Gasteiger partial charge is 0.343 e. The molecule has 3 nitrogen and oxygen atoms in total. The van der Waals surface area contributed by atoms with E-state index in [4.69, 9.17) is 0 Å². The molecule has 2 aliphatic rings. The van der Waals surface area contributed by atoms with Crippen molar-refractivity contribution in [1.82, 2.24) is 10.2 Å². The van der Waals surface area contributed by atoms with E-state index in [1.165, 1.54) is 28.4 Å². The van der Waals surface area contributed by atoms with Crippen molar-refractivity contribution in [3.05, 3.63) is 33.8 Å². The summed E-state index contributed by atoms with van der Waals surface area (Å²) in [6, 6.07) is 7.82. The highest BCUT2D eigenvalue weighted by atomic mass is 79.9. The van der Waals surface area contributed by atoms with Gasteiger partial charge in [0.1, 0.15) is 0 Å². The van der Waals surface area contributed by atoms with Crippen LogP contribution in [-0.4, -0.2) is 36.0 Å². The third-order valence-corrected chi connectivity index (χ3v) is 5.30. The van der Waals surface area contributed by atoms with E-state index in [0.717, 1.165) is 32.4 Å². The number of halogens is 1. The van der Waals surface area contributed by atoms with Gasteiger partial charge in [-0.3, -0.25) is 4.79 Å². The van der Waals surface area contributed by atoms with Crippen LogP contribution in [0.5, 0.6) is 0 Å². The van der Waals surface area contributed by atoms with Crippen LogP contribution in [0.2, 0.25) is 0 Å². The lowest BCUT2D eigenvalue weighted by atomic mass is 9.87. The summed E-state index contributed by atoms with van der Waals surface area (Å²) >= 11 is 3.55. The van der Waals surface area contributed by atoms with Crippen molar-refractivity contribution < 1.29 is 4.79 Å². The lowest BCUT2D eigenvalue weighted by Gasteiger charge is -2.35. The van der Waals surface area contributed by atoms with E-state index < -0.39 is 0 Å². The molecular formula is C17H23BrN2O. The minimum atomic E-state index is 0.214. The fourth-order valence-electron chi connectivity index (χ4n) is 3.56. The Hall–Kier alpha value is -0.870. The average molecular weight is 351 g/mol. The molecule has 114 valence electrons. The number of carbonyl (C=O) groups is 1. The van der Waals surface area contributed by atoms with E-state index in [2.05, 4.69) is 39.4 Å². The van der Waals surface area contributed by atoms with Crippen molar-refractivity contribution in [3.8, 4) is 0 Å². The molecule has 1 atom stereocenters. The van der Waals surface area contributed by atoms with Gasteiger partial charge in [0, 0.05) is 36.6 Å². The van der Waals surface area contributed by atoms with Gasteiger partial charge < -0.3 is 10.2 Å². The maximum atomic E-state index is 11.4. The predicted octanol–water partition coefficient (Wildman–Crippen LogP) is 2.91. The van der Waals surface area contributed by atoms with Crippen LogP contribution in [0.4, 0.5) is 0 Å². The summed E-state index contributed by atoms with van der Waals surface area (Å²) in [5, 5.41) is 3.82. The number of benzene rings is 1. The number of hydrogen-bond donors (Lipinski definition) is 1. The Kier molecular flexibility index (Phi) is 4.65. The van der Waals surface area contributed by atoms with Crippen molar-refractivity contribution >= 4 is 21.8 Å². The first kappa shape index (κ1) is 15.0. The van der Waals surface area contributed by atoms with E-state index in [-0.39, 0.29) is 5.91 Å². The molecule has 1 heterocycles. The number of nitrogens with zero attached hydrogens (tertiary/aromatic N) is 1. The monoisotopic (exact) mass is 350 g/mol. The SMILES string of the molecule is CC(=O)N1CCC(NC2CCc3cc(Br)ccc3C2)CC1. The fraction of sp³-hybridized carbons (Fsp3) is 0.588. The Labute approximate surface area is 135 Å². The number of carbonyl (C=O) groups excluding carboxylic acids is 1. The third kappa shape index (κ3) is 3.67. The van der Waals surface area contributed by atoms with Gasteiger partial charge >= 0.3 is 0 Å². The van der Waals surface area contributed by atoms with Crippen molar-refractivity contribution in [2.45, 2.75) is 51.1 Å². The van der Waals surface area contributed by atoms with Crippen LogP contribution in [0.1, 0.15) is 37.3 Å². The van der Waals surface area contributed by atoms with E-state index >= 15 is 0 Å². The van der Waals surface area contributed by atoms with Crippen LogP contribution >= 0.6 is 15.9 Å². The summed E-state index contributed by atoms with van der Waals surface area (Å²) in [6.45, 7) is 3.48. The highest BCUT2D eigenvalue weighted by Crippen LogP contribution is 2.25. The normalized spacial score (nSPS) is 23.0. The molecule has 1 unspecified atom stereocenters. The minimum Gasteiger partial charge on any atom is -0.343 e. The molecule has 1 aromatic carbocycles. The molecule has 1 N–H and O–H groups in total. The quantitative estimate of drug-likeness (QED) is 0.889. The summed E-state index contributed by atoms with van der Waals surface area (Å²) in [7, 11) is 0. The van der Waals surface area contributed by atoms with E-state index in [1.54, 1.807) is 6.92 Å². The van der Waals surface area contributed by atoms with Gasteiger partial charge in [-0.25, -0.2) is 0 Å². The molecule has 3 rings (SSSR count). The standard InChI is InChI=1S/C17H23BrN2O/c1-12(21)20-8-6-16(7-9-20)19-17-5-3-13-10-15(18)4-2-14(13)11-17/h2,4,10,16-17,19H,3,5-9,11H2,1H3. The summed E-state index contributed by atoms with van der Waals surface area (Å²) in [4.78, 5) is 13.3. The molecule has 0 spiro atoms. The number of amides is 1. The Balaban J connectivity index is 1.53. The van der Waals surface area contributed by atoms with Crippen molar-refractivity contribution in [2.75, 3.05) is 13.1 Å². The number of likely N-dealkylation sites (tertiary alicyclic amines) is 1. The molecule has 21 heavy (non-hydrogen) atoms. The number of aryl methyl sites for hydroxylation is 1. The van der Waals surface area contributed by atoms with Crippen LogP contribution < -0.4 is 5.32 Å². The second-order valence-electron chi connectivity index (χ2n) is 6.30. The van der Waals surface area contributed by atoms with Gasteiger partial charge in [0.15, 0.2) is 0 Å². The van der Waals surface area contributed by atoms with Crippen LogP contribution in [0.15, 0.2) is 22.7 Å². The first-order chi connectivity index (χ1) is 10.1. The molecule has 0 radical (unpaired) electrons. The second-order valence-corrected chi connectivity index (χ2v) is 7.22. The molecule has 1 aromatic rings. The zero-order chi connectivity index (χ0) is 14.8. The van der Waals surface area contributed by atoms with Crippen molar-refractivity contribution in [1.29, 1.82) is 0 Å². The maximum Gasteiger partial charge on any atom is 0.219 e. The topological polar surface area (TPSA) is 32.3 Å². The number of rotatable bonds is 2. The Morgan fingerprint density at radius 1 is 1.19 bits per heavy atom. The number of fused-ring (bicyclic) bond motifs is 1. The van der Waals surface area contributed by atoms with Gasteiger partial charge in [-0.15, -0.1) is 0 Å². The molecule has 0 aromatic heterocycles. The zero-order valence-electron chi connectivity index (χ0n) is 12.6. The Bertz CT molecular complexity index is 524. The fourth-order valence-corrected chi connectivity index (χ4v) is 3.97. The van der Waals surface area contributed by atoms with Gasteiger partial charge in [-0.1, -0.05) is 22.0 Å². The van der Waals surface area contributed by atoms with Gasteiger partial charge in [0.2, 0.25) is 5.91 Å². The molecule has 1 aliphatic carbocycles. The molecule has 1 saturated heterocycles. The van der Waals surface area contributed by atoms with Crippen molar-refractivity contribution in [2.24, 2.45) is 0 Å². The summed E-state index contributed by atoms with van der Waals surface area (Å²) in [6.07, 6.45) is 5.69. The molecule has 0 saturated carbocycles. The van der Waals surface area contributed by atoms with E-state index in [1.807, 2.05) is 4.90 Å². The first-order valence-electron chi connectivity index (χ1n) is 7.90. The molecule has 0 bridgehead atoms. The molecule has 4 heteroatoms. The van der Waals surface area contributed by atoms with Crippen LogP contribution in [0.3, 0.4) is 0 Å². The van der Waals surface area contributed by atoms with Gasteiger partial charge in [0.05, 0.1) is 0 Å². The smallest absolute Gasteiger partial charge is 0.219 e. The lowest BCUT2D eigenvalue weighted by molar-refractivity contribution is -0.129. The number of piperidine rings is 1. The molecule has 1 amide bonds. The summed E-state index contributed by atoms with van der Waals surface area (Å²) < 4.78 is 1.18. The number of hydrogen-bond acceptors (Lipinski definition) is 2. The summed E-state index contributed by atoms with van der Waals surface area (Å²) in [5.41, 5.74) is 2.98. The predicted molar refractivity (Wildman–Crippen MR) is 88.4 cm³/mol. The minimum absolute atomic E-state index is 0.214. The Morgan fingerprint density at radius 3 is 2.67 bits per heavy atom. The van der Waals surface area contributed by atoms with Crippen LogP contribution in [0.25, 0.3) is 0 Å². The van der Waals surface area contributed by atoms with Gasteiger partial charge in [-0.2, -0.15) is 0 Å². The maximum absolute atomic E-state index is 11.4. The zero-order valence-corrected chi connectivity index (χ0v) is 14.2. The van der Waals surface area contributed by atoms with Crippen LogP contribution in [-0.2, 0) is 17.6 Å². The molecule has 1 aliphatic heterocycles. The van der Waals surface area contributed by atoms with Gasteiger partial charge in [0.25, 0.3) is 0 Å². The van der Waals surface area contributed by atoms with E-state index in [0.29, 0.717) is 12.1 Å². The Morgan fingerprint density at radius 2 is 1.95 bits per heavy atom. The lowest BCUT2D eigenvalue weighted by Crippen LogP contribution is -2.48. The van der Waals surface area contributed by atoms with E-state index in [9.17, 15) is 4.79 Å². The van der Waals surface area contributed by atoms with Crippen LogP contribution in [0, 0.1) is 0 Å². The summed E-state index contributed by atoms with van der Waals surface area (Å²) in [5.74, 6) is 0.214.